The predicted octanol–water partition coefficient (Wildman–Crippen LogP) is 3.44. The molecule has 3 heterocycles. The molecule has 3 aromatic heterocycles. The maximum absolute atomic E-state index is 13.3. The van der Waals surface area contributed by atoms with Crippen molar-refractivity contribution < 1.29 is 13.9 Å². The molecule has 0 spiro atoms. The van der Waals surface area contributed by atoms with Crippen LogP contribution in [0.4, 0.5) is 10.2 Å². The molecule has 0 aliphatic heterocycles. The second kappa shape index (κ2) is 6.76. The highest BCUT2D eigenvalue weighted by Gasteiger charge is 2.21. The minimum Gasteiger partial charge on any atom is -0.462 e. The van der Waals surface area contributed by atoms with Crippen LogP contribution >= 0.6 is 11.3 Å². The first-order valence-corrected chi connectivity index (χ1v) is 8.97. The number of nitrogens with two attached hydrogens (primary N) is 1. The second-order valence-corrected chi connectivity index (χ2v) is 6.47. The van der Waals surface area contributed by atoms with E-state index >= 15 is 0 Å². The van der Waals surface area contributed by atoms with Crippen LogP contribution in [0.5, 0.6) is 0 Å². The van der Waals surface area contributed by atoms with Gasteiger partial charge in [-0.25, -0.2) is 19.2 Å². The third kappa shape index (κ3) is 2.91. The van der Waals surface area contributed by atoms with Gasteiger partial charge in [-0.3, -0.25) is 0 Å². The Morgan fingerprint density at radius 2 is 2.07 bits per heavy atom. The summed E-state index contributed by atoms with van der Waals surface area (Å²) in [6, 6.07) is 6.15. The number of hydrogen-bond donors (Lipinski definition) is 1. The largest absolute Gasteiger partial charge is 0.462 e. The topological polar surface area (TPSA) is 95.9 Å². The van der Waals surface area contributed by atoms with E-state index in [0.29, 0.717) is 5.82 Å². The molecule has 0 atom stereocenters. The third-order valence-corrected chi connectivity index (χ3v) is 4.89. The SMILES string of the molecule is CCOC(=O)c1cnn(-c2ncnc3scc(-c4ccc(F)cc4)c23)c1N. The Labute approximate surface area is 157 Å². The summed E-state index contributed by atoms with van der Waals surface area (Å²) < 4.78 is 19.7. The van der Waals surface area contributed by atoms with Crippen molar-refractivity contribution >= 4 is 33.3 Å². The van der Waals surface area contributed by atoms with E-state index in [4.69, 9.17) is 10.5 Å². The van der Waals surface area contributed by atoms with E-state index in [-0.39, 0.29) is 23.8 Å². The molecule has 2 N–H and O–H groups in total. The summed E-state index contributed by atoms with van der Waals surface area (Å²) in [5.41, 5.74) is 7.94. The molecular formula is C18H14FN5O2S. The van der Waals surface area contributed by atoms with Crippen LogP contribution in [0.3, 0.4) is 0 Å². The third-order valence-electron chi connectivity index (χ3n) is 4.01. The number of benzene rings is 1. The van der Waals surface area contributed by atoms with Crippen molar-refractivity contribution in [2.75, 3.05) is 12.3 Å². The Bertz CT molecular complexity index is 1140. The number of ether oxygens (including phenoxy) is 1. The molecule has 0 amide bonds. The number of esters is 1. The maximum atomic E-state index is 13.3. The fourth-order valence-corrected chi connectivity index (χ4v) is 3.67. The highest BCUT2D eigenvalue weighted by atomic mass is 32.1. The molecule has 0 radical (unpaired) electrons. The molecule has 9 heteroatoms. The molecule has 136 valence electrons. The lowest BCUT2D eigenvalue weighted by Crippen LogP contribution is -2.10. The van der Waals surface area contributed by atoms with Crippen LogP contribution < -0.4 is 5.73 Å². The maximum Gasteiger partial charge on any atom is 0.343 e. The van der Waals surface area contributed by atoms with Gasteiger partial charge in [0.1, 0.15) is 28.4 Å². The minimum atomic E-state index is -0.546. The number of fused-ring (bicyclic) bond motifs is 1. The molecule has 0 saturated carbocycles. The van der Waals surface area contributed by atoms with Crippen LogP contribution in [0.25, 0.3) is 27.2 Å². The van der Waals surface area contributed by atoms with Gasteiger partial charge < -0.3 is 10.5 Å². The van der Waals surface area contributed by atoms with Gasteiger partial charge in [0.15, 0.2) is 5.82 Å². The molecule has 0 unspecified atom stereocenters. The summed E-state index contributed by atoms with van der Waals surface area (Å²) in [5, 5.41) is 6.85. The van der Waals surface area contributed by atoms with Crippen LogP contribution in [-0.2, 0) is 4.74 Å². The van der Waals surface area contributed by atoms with Gasteiger partial charge in [0.2, 0.25) is 0 Å². The van der Waals surface area contributed by atoms with Crippen LogP contribution in [0.1, 0.15) is 17.3 Å². The number of nitrogens with zero attached hydrogens (tertiary/aromatic N) is 4. The van der Waals surface area contributed by atoms with E-state index in [1.807, 2.05) is 5.38 Å². The number of aromatic nitrogens is 4. The van der Waals surface area contributed by atoms with E-state index in [0.717, 1.165) is 21.3 Å². The van der Waals surface area contributed by atoms with Crippen molar-refractivity contribution in [1.82, 2.24) is 19.7 Å². The van der Waals surface area contributed by atoms with E-state index in [1.54, 1.807) is 19.1 Å². The molecule has 0 fully saturated rings. The van der Waals surface area contributed by atoms with Gasteiger partial charge in [0.05, 0.1) is 18.2 Å². The summed E-state index contributed by atoms with van der Waals surface area (Å²) in [5.74, 6) is -0.292. The number of carbonyl (C=O) groups excluding carboxylic acids is 1. The number of anilines is 1. The average Bonchev–Trinajstić information content (AvgIpc) is 3.26. The van der Waals surface area contributed by atoms with Gasteiger partial charge in [0.25, 0.3) is 0 Å². The quantitative estimate of drug-likeness (QED) is 0.542. The van der Waals surface area contributed by atoms with Crippen LogP contribution in [0.15, 0.2) is 42.2 Å². The van der Waals surface area contributed by atoms with Crippen LogP contribution in [0.2, 0.25) is 0 Å². The van der Waals surface area contributed by atoms with Crippen molar-refractivity contribution in [1.29, 1.82) is 0 Å². The molecule has 4 aromatic rings. The Balaban J connectivity index is 1.90. The molecule has 1 aromatic carbocycles. The van der Waals surface area contributed by atoms with Crippen molar-refractivity contribution in [3.63, 3.8) is 0 Å². The summed E-state index contributed by atoms with van der Waals surface area (Å²) in [4.78, 5) is 21.4. The van der Waals surface area contributed by atoms with Gasteiger partial charge in [-0.2, -0.15) is 9.78 Å². The molecule has 7 nitrogen and oxygen atoms in total. The smallest absolute Gasteiger partial charge is 0.343 e. The molecule has 0 saturated heterocycles. The Kier molecular flexibility index (Phi) is 4.28. The molecular weight excluding hydrogens is 369 g/mol. The van der Waals surface area contributed by atoms with Crippen molar-refractivity contribution in [3.05, 3.63) is 53.6 Å². The molecule has 0 bridgehead atoms. The van der Waals surface area contributed by atoms with E-state index in [1.165, 1.54) is 40.7 Å². The highest BCUT2D eigenvalue weighted by Crippen LogP contribution is 2.36. The van der Waals surface area contributed by atoms with E-state index in [9.17, 15) is 9.18 Å². The highest BCUT2D eigenvalue weighted by molar-refractivity contribution is 7.17. The standard InChI is InChI=1S/C18H14FN5O2S/c1-2-26-18(25)12-7-23-24(15(12)20)16-14-13(8-27-17(14)22-9-21-16)10-3-5-11(19)6-4-10/h3-9H,2,20H2,1H3. The summed E-state index contributed by atoms with van der Waals surface area (Å²) >= 11 is 1.43. The molecule has 0 aliphatic carbocycles. The zero-order chi connectivity index (χ0) is 19.0. The Morgan fingerprint density at radius 1 is 1.30 bits per heavy atom. The number of thiophene rings is 1. The normalized spacial score (nSPS) is 11.0. The van der Waals surface area contributed by atoms with Crippen molar-refractivity contribution in [2.24, 2.45) is 0 Å². The molecule has 0 aliphatic rings. The fraction of sp³-hybridized carbons (Fsp3) is 0.111. The van der Waals surface area contributed by atoms with Gasteiger partial charge in [-0.1, -0.05) is 12.1 Å². The minimum absolute atomic E-state index is 0.129. The first-order chi connectivity index (χ1) is 13.1. The van der Waals surface area contributed by atoms with Crippen LogP contribution in [-0.4, -0.2) is 32.3 Å². The summed E-state index contributed by atoms with van der Waals surface area (Å²) in [6.07, 6.45) is 2.76. The number of hydrogen-bond acceptors (Lipinski definition) is 7. The van der Waals surface area contributed by atoms with Gasteiger partial charge in [0, 0.05) is 10.9 Å². The molecule has 27 heavy (non-hydrogen) atoms. The van der Waals surface area contributed by atoms with Crippen LogP contribution in [0, 0.1) is 5.82 Å². The lowest BCUT2D eigenvalue weighted by molar-refractivity contribution is 0.0527. The Morgan fingerprint density at radius 3 is 2.81 bits per heavy atom. The van der Waals surface area contributed by atoms with E-state index < -0.39 is 5.97 Å². The lowest BCUT2D eigenvalue weighted by Gasteiger charge is -2.07. The van der Waals surface area contributed by atoms with Gasteiger partial charge in [-0.05, 0) is 24.6 Å². The van der Waals surface area contributed by atoms with Crippen molar-refractivity contribution in [2.45, 2.75) is 6.92 Å². The number of carbonyl (C=O) groups is 1. The number of rotatable bonds is 4. The lowest BCUT2D eigenvalue weighted by atomic mass is 10.1. The first kappa shape index (κ1) is 17.1. The second-order valence-electron chi connectivity index (χ2n) is 5.61. The van der Waals surface area contributed by atoms with Gasteiger partial charge >= 0.3 is 5.97 Å². The number of nitrogen functional groups attached to an aromatic ring is 1. The Hall–Kier alpha value is -3.33. The zero-order valence-electron chi connectivity index (χ0n) is 14.2. The zero-order valence-corrected chi connectivity index (χ0v) is 15.0. The van der Waals surface area contributed by atoms with Gasteiger partial charge in [-0.15, -0.1) is 11.3 Å². The fourth-order valence-electron chi connectivity index (χ4n) is 2.75. The molecule has 4 rings (SSSR count). The number of halogens is 1. The van der Waals surface area contributed by atoms with Crippen molar-refractivity contribution in [3.8, 4) is 16.9 Å². The summed E-state index contributed by atoms with van der Waals surface area (Å²) in [6.45, 7) is 1.95. The average molecular weight is 383 g/mol. The first-order valence-electron chi connectivity index (χ1n) is 8.09. The summed E-state index contributed by atoms with van der Waals surface area (Å²) in [7, 11) is 0. The van der Waals surface area contributed by atoms with E-state index in [2.05, 4.69) is 15.1 Å². The predicted molar refractivity (Wildman–Crippen MR) is 100 cm³/mol. The monoisotopic (exact) mass is 383 g/mol.